The maximum Gasteiger partial charge on any atom is 0.435 e. The van der Waals surface area contributed by atoms with Crippen molar-refractivity contribution in [2.45, 2.75) is 192 Å². The van der Waals surface area contributed by atoms with Crippen LogP contribution in [0.5, 0.6) is 11.5 Å². The molecule has 1 heterocycles. The zero-order valence-electron chi connectivity index (χ0n) is 43.3. The first-order valence-electron chi connectivity index (χ1n) is 24.6. The summed E-state index contributed by atoms with van der Waals surface area (Å²) in [5.74, 6) is -10.8. The van der Waals surface area contributed by atoms with Crippen LogP contribution in [0.3, 0.4) is 0 Å². The van der Waals surface area contributed by atoms with Gasteiger partial charge in [0.15, 0.2) is 12.2 Å². The highest BCUT2D eigenvalue weighted by atomic mass is 19.5. The van der Waals surface area contributed by atoms with Gasteiger partial charge in [-0.1, -0.05) is 56.9 Å². The van der Waals surface area contributed by atoms with E-state index in [1.54, 1.807) is 0 Å². The first-order valence-corrected chi connectivity index (χ1v) is 24.6. The van der Waals surface area contributed by atoms with E-state index < -0.39 is 170 Å². The predicted octanol–water partition coefficient (Wildman–Crippen LogP) is 18.0. The Balaban J connectivity index is 2.01. The fourth-order valence-corrected chi connectivity index (χ4v) is 9.58. The number of rotatable bonds is 22. The number of hydrogen-bond acceptors (Lipinski definition) is 6. The topological polar surface area (TPSA) is 55.4 Å². The highest BCUT2D eigenvalue weighted by molar-refractivity contribution is 5.40. The average Bonchev–Trinajstić information content (AvgIpc) is 0.693. The molecule has 6 nitrogen and oxygen atoms in total. The molecule has 0 bridgehead atoms. The smallest absolute Gasteiger partial charge is 0.435 e. The lowest BCUT2D eigenvalue weighted by Crippen LogP contribution is -2.84. The van der Waals surface area contributed by atoms with E-state index in [0.29, 0.717) is 24.3 Å². The Kier molecular flexibility index (Phi) is 21.7. The molecule has 0 N–H and O–H groups in total. The maximum atomic E-state index is 15.6. The number of aryl methyl sites for hydroxylation is 2. The molecule has 41 heteroatoms. The quantitative estimate of drug-likeness (QED) is 0.0865. The van der Waals surface area contributed by atoms with Crippen molar-refractivity contribution in [2.24, 2.45) is 5.92 Å². The van der Waals surface area contributed by atoms with Crippen LogP contribution in [0.2, 0.25) is 0 Å². The number of hydrogen-bond donors (Lipinski definition) is 0. The van der Waals surface area contributed by atoms with Crippen LogP contribution in [-0.4, -0.2) is 134 Å². The van der Waals surface area contributed by atoms with Crippen molar-refractivity contribution in [1.82, 2.24) is 0 Å². The number of alkyl halides is 35. The normalized spacial score (nSPS) is 20.5. The van der Waals surface area contributed by atoms with Crippen LogP contribution in [0, 0.1) is 5.92 Å². The van der Waals surface area contributed by atoms with Crippen LogP contribution in [0.15, 0.2) is 42.5 Å². The van der Waals surface area contributed by atoms with Gasteiger partial charge in [-0.25, -0.2) is 0 Å². The SMILES string of the molecule is CCCCCC1CCC(c2ccc(CCc3cc(OC(COC(C(F)(F)F)(C(F)(F)F)C(F)(F)F)COC(C(F)(F)F)(C(F)(F)F)C(F)(F)F)cc(OC(COC(C(F)(F)F)(C(F)(F)F)C(F)(F)F)C4OC(C(F)(F)F)(C(F)(F)F)C4(F)F)c3)cc2)CC1. The van der Waals surface area contributed by atoms with E-state index in [4.69, 9.17) is 0 Å². The van der Waals surface area contributed by atoms with E-state index >= 15 is 8.78 Å². The van der Waals surface area contributed by atoms with Gasteiger partial charge in [-0.3, -0.25) is 0 Å². The second-order valence-electron chi connectivity index (χ2n) is 20.0. The zero-order valence-corrected chi connectivity index (χ0v) is 43.3. The summed E-state index contributed by atoms with van der Waals surface area (Å²) in [5, 5.41) is 0. The van der Waals surface area contributed by atoms with Crippen molar-refractivity contribution in [2.75, 3.05) is 19.8 Å². The van der Waals surface area contributed by atoms with Crippen molar-refractivity contribution in [1.29, 1.82) is 0 Å². The number of ether oxygens (including phenoxy) is 6. The van der Waals surface area contributed by atoms with Crippen LogP contribution >= 0.6 is 0 Å². The number of halogens is 35. The van der Waals surface area contributed by atoms with Gasteiger partial charge in [0.25, 0.3) is 0 Å². The minimum atomic E-state index is -7.95. The molecule has 1 saturated carbocycles. The lowest BCUT2D eigenvalue weighted by atomic mass is 9.77. The third kappa shape index (κ3) is 14.5. The van der Waals surface area contributed by atoms with Crippen molar-refractivity contribution in [3.05, 3.63) is 59.2 Å². The summed E-state index contributed by atoms with van der Waals surface area (Å²) in [6.07, 6.45) is -95.0. The maximum absolute atomic E-state index is 15.6. The second kappa shape index (κ2) is 25.1. The summed E-state index contributed by atoms with van der Waals surface area (Å²) >= 11 is 0. The fraction of sp³-hybridized carbons (Fsp3) is 0.745. The monoisotopic (exact) mass is 1370 g/mol. The first-order chi connectivity index (χ1) is 39.3. The van der Waals surface area contributed by atoms with Crippen molar-refractivity contribution >= 4 is 0 Å². The summed E-state index contributed by atoms with van der Waals surface area (Å²) in [6, 6.07) is 5.10. The molecule has 2 unspecified atom stereocenters. The molecular formula is C47H41F35O6. The Morgan fingerprint density at radius 3 is 1.14 bits per heavy atom. The van der Waals surface area contributed by atoms with Crippen LogP contribution in [0.4, 0.5) is 154 Å². The van der Waals surface area contributed by atoms with E-state index in [1.807, 2.05) is 6.92 Å². The summed E-state index contributed by atoms with van der Waals surface area (Å²) < 4.78 is 511. The molecule has 0 spiro atoms. The molecule has 1 aliphatic heterocycles. The lowest BCUT2D eigenvalue weighted by molar-refractivity contribution is -0.525. The molecular weight excluding hydrogens is 1330 g/mol. The minimum absolute atomic E-state index is 0.0290. The highest BCUT2D eigenvalue weighted by Crippen LogP contribution is 2.65. The number of unbranched alkanes of at least 4 members (excludes halogenated alkanes) is 2. The Hall–Kier alpha value is -4.57. The van der Waals surface area contributed by atoms with Crippen LogP contribution in [0.25, 0.3) is 0 Å². The summed E-state index contributed by atoms with van der Waals surface area (Å²) in [4.78, 5) is 0. The minimum Gasteiger partial charge on any atom is -0.485 e. The molecule has 0 aromatic heterocycles. The van der Waals surface area contributed by atoms with Gasteiger partial charge in [0.1, 0.15) is 17.6 Å². The third-order valence-electron chi connectivity index (χ3n) is 14.0. The van der Waals surface area contributed by atoms with E-state index in [1.165, 1.54) is 24.3 Å². The Morgan fingerprint density at radius 2 is 0.795 bits per heavy atom. The summed E-state index contributed by atoms with van der Waals surface area (Å²) in [6.45, 7) is -8.84. The molecule has 4 rings (SSSR count). The Bertz CT molecular complexity index is 2390. The molecule has 1 saturated heterocycles. The Morgan fingerprint density at radius 1 is 0.443 bits per heavy atom. The molecule has 0 amide bonds. The van der Waals surface area contributed by atoms with E-state index in [2.05, 4.69) is 28.4 Å². The molecule has 2 fully saturated rings. The standard InChI is InChI=1S/C47H41F35O6/c1-2-3-4-5-22-8-12-25(13-9-22)26-14-10-23(11-15-26)6-7-24-16-27(86-29(19-83-34(39(56,57)58,40(59,60)61)41(62,63)64)20-84-35(42(65,66)67,43(68,69)70)44(71,72)73)18-28(17-24)87-30(21-85-36(45(74,75)76,46(77,78)79)47(80,81)82)31-32(48,49)33(88-31,37(50,51)52)38(53,54)55/h10-11,14-18,22,25,29-31H,2-9,12-13,19-21H2,1H3. The van der Waals surface area contributed by atoms with E-state index in [-0.39, 0.29) is 23.6 Å². The zero-order chi connectivity index (χ0) is 68.2. The van der Waals surface area contributed by atoms with Gasteiger partial charge in [0.05, 0.1) is 19.8 Å². The molecule has 0 radical (unpaired) electrons. The molecule has 2 aromatic carbocycles. The average molecular weight is 1370 g/mol. The third-order valence-corrected chi connectivity index (χ3v) is 14.0. The Labute approximate surface area is 470 Å². The fourth-order valence-electron chi connectivity index (χ4n) is 9.58. The van der Waals surface area contributed by atoms with Gasteiger partial charge in [-0.15, -0.1) is 0 Å². The second-order valence-corrected chi connectivity index (χ2v) is 20.0. The van der Waals surface area contributed by atoms with E-state index in [0.717, 1.165) is 38.5 Å². The van der Waals surface area contributed by atoms with Crippen molar-refractivity contribution < 1.29 is 182 Å². The summed E-state index contributed by atoms with van der Waals surface area (Å²) in [5.41, 5.74) is -30.4. The van der Waals surface area contributed by atoms with E-state index in [9.17, 15) is 145 Å². The van der Waals surface area contributed by atoms with Crippen molar-refractivity contribution in [3.8, 4) is 11.5 Å². The molecule has 1 aliphatic carbocycles. The largest absolute Gasteiger partial charge is 0.485 e. The van der Waals surface area contributed by atoms with Crippen LogP contribution in [-0.2, 0) is 31.8 Å². The predicted molar refractivity (Wildman–Crippen MR) is 223 cm³/mol. The molecule has 510 valence electrons. The molecule has 2 aromatic rings. The highest BCUT2D eigenvalue weighted by Gasteiger charge is 2.94. The van der Waals surface area contributed by atoms with Gasteiger partial charge in [0, 0.05) is 6.07 Å². The molecule has 2 atom stereocenters. The lowest BCUT2D eigenvalue weighted by Gasteiger charge is -2.55. The van der Waals surface area contributed by atoms with Crippen LogP contribution in [0.1, 0.15) is 80.9 Å². The molecule has 88 heavy (non-hydrogen) atoms. The van der Waals surface area contributed by atoms with Gasteiger partial charge < -0.3 is 28.4 Å². The summed E-state index contributed by atoms with van der Waals surface area (Å²) in [7, 11) is 0. The van der Waals surface area contributed by atoms with Gasteiger partial charge in [-0.05, 0) is 79.2 Å². The van der Waals surface area contributed by atoms with Gasteiger partial charge in [-0.2, -0.15) is 154 Å². The van der Waals surface area contributed by atoms with Crippen molar-refractivity contribution in [3.63, 3.8) is 0 Å². The molecule has 2 aliphatic rings. The van der Waals surface area contributed by atoms with Gasteiger partial charge >= 0.3 is 96.3 Å². The van der Waals surface area contributed by atoms with Gasteiger partial charge in [0.2, 0.25) is 0 Å². The number of benzene rings is 2. The first kappa shape index (κ1) is 75.9. The van der Waals surface area contributed by atoms with Crippen LogP contribution < -0.4 is 9.47 Å².